The van der Waals surface area contributed by atoms with Crippen LogP contribution in [0.1, 0.15) is 15.8 Å². The highest BCUT2D eigenvalue weighted by Crippen LogP contribution is 2.21. The lowest BCUT2D eigenvalue weighted by atomic mass is 10.2. The Bertz CT molecular complexity index is 643. The number of carbonyl (C=O) groups excluding carboxylic acids is 1. The van der Waals surface area contributed by atoms with Gasteiger partial charge in [0, 0.05) is 28.7 Å². The molecule has 0 radical (unpaired) electrons. The first-order valence-corrected chi connectivity index (χ1v) is 8.65. The van der Waals surface area contributed by atoms with Crippen LogP contribution in [-0.4, -0.2) is 22.4 Å². The quantitative estimate of drug-likeness (QED) is 0.729. The second-order valence-corrected chi connectivity index (χ2v) is 6.67. The van der Waals surface area contributed by atoms with Crippen molar-refractivity contribution in [1.82, 2.24) is 20.4 Å². The predicted molar refractivity (Wildman–Crippen MR) is 89.2 cm³/mol. The minimum absolute atomic E-state index is 0.0162. The lowest BCUT2D eigenvalue weighted by molar-refractivity contribution is 0.239. The Morgan fingerprint density at radius 3 is 2.73 bits per heavy atom. The topological polar surface area (TPSA) is 59.0 Å². The Hall–Kier alpha value is -2.12. The van der Waals surface area contributed by atoms with Gasteiger partial charge < -0.3 is 10.6 Å². The zero-order valence-corrected chi connectivity index (χ0v) is 13.4. The van der Waals surface area contributed by atoms with E-state index in [4.69, 9.17) is 0 Å². The van der Waals surface area contributed by atoms with Crippen LogP contribution in [0, 0.1) is 0 Å². The van der Waals surface area contributed by atoms with Crippen LogP contribution in [0.3, 0.4) is 0 Å². The molecule has 3 aromatic rings. The number of rotatable bonds is 6. The molecule has 5 nitrogen and oxygen atoms in total. The van der Waals surface area contributed by atoms with E-state index in [-0.39, 0.29) is 12.1 Å². The first-order chi connectivity index (χ1) is 10.8. The average molecular weight is 332 g/mol. The summed E-state index contributed by atoms with van der Waals surface area (Å²) in [5, 5.41) is 14.1. The summed E-state index contributed by atoms with van der Waals surface area (Å²) in [6.45, 7) is 1.05. The van der Waals surface area contributed by atoms with Gasteiger partial charge in [0.1, 0.15) is 6.04 Å². The summed E-state index contributed by atoms with van der Waals surface area (Å²) in [7, 11) is 0. The summed E-state index contributed by atoms with van der Waals surface area (Å²) in [6, 6.07) is 9.78. The molecule has 3 aromatic heterocycles. The maximum atomic E-state index is 11.9. The van der Waals surface area contributed by atoms with Crippen LogP contribution in [0.4, 0.5) is 4.79 Å². The molecule has 0 saturated carbocycles. The zero-order valence-electron chi connectivity index (χ0n) is 11.8. The minimum Gasteiger partial charge on any atom is -0.336 e. The van der Waals surface area contributed by atoms with Crippen LogP contribution in [0.2, 0.25) is 0 Å². The number of carbonyl (C=O) groups is 1. The molecule has 0 saturated heterocycles. The van der Waals surface area contributed by atoms with E-state index in [9.17, 15) is 4.79 Å². The van der Waals surface area contributed by atoms with E-state index in [1.54, 1.807) is 28.9 Å². The van der Waals surface area contributed by atoms with Crippen molar-refractivity contribution < 1.29 is 4.79 Å². The van der Waals surface area contributed by atoms with Gasteiger partial charge in [-0.15, -0.1) is 22.7 Å². The third kappa shape index (κ3) is 3.75. The van der Waals surface area contributed by atoms with Crippen molar-refractivity contribution in [2.75, 3.05) is 6.54 Å². The molecular formula is C15H16N4OS2. The largest absolute Gasteiger partial charge is 0.336 e. The van der Waals surface area contributed by atoms with E-state index < -0.39 is 0 Å². The lowest BCUT2D eigenvalue weighted by Crippen LogP contribution is -2.38. The molecule has 2 amide bonds. The Morgan fingerprint density at radius 1 is 1.18 bits per heavy atom. The number of nitrogens with zero attached hydrogens (tertiary/aromatic N) is 2. The molecule has 0 aliphatic heterocycles. The van der Waals surface area contributed by atoms with Crippen molar-refractivity contribution >= 4 is 28.7 Å². The maximum Gasteiger partial charge on any atom is 0.315 e. The van der Waals surface area contributed by atoms with Gasteiger partial charge in [0.05, 0.1) is 6.54 Å². The Morgan fingerprint density at radius 2 is 2.05 bits per heavy atom. The molecular weight excluding hydrogens is 316 g/mol. The molecule has 0 spiro atoms. The highest BCUT2D eigenvalue weighted by molar-refractivity contribution is 7.10. The van der Waals surface area contributed by atoms with Crippen LogP contribution >= 0.6 is 22.7 Å². The molecule has 114 valence electrons. The predicted octanol–water partition coefficient (Wildman–Crippen LogP) is 3.09. The summed E-state index contributed by atoms with van der Waals surface area (Å²) < 4.78 is 1.87. The highest BCUT2D eigenvalue weighted by Gasteiger charge is 2.16. The molecule has 1 unspecified atom stereocenters. The van der Waals surface area contributed by atoms with Gasteiger partial charge in [-0.25, -0.2) is 4.79 Å². The Kier molecular flexibility index (Phi) is 4.87. The molecule has 1 atom stereocenters. The number of hydrogen-bond donors (Lipinski definition) is 2. The number of hydrogen-bond acceptors (Lipinski definition) is 4. The van der Waals surface area contributed by atoms with E-state index in [1.807, 2.05) is 45.9 Å². The molecule has 22 heavy (non-hydrogen) atoms. The molecule has 7 heteroatoms. The van der Waals surface area contributed by atoms with Gasteiger partial charge in [-0.2, -0.15) is 5.10 Å². The lowest BCUT2D eigenvalue weighted by Gasteiger charge is -2.17. The summed E-state index contributed by atoms with van der Waals surface area (Å²) in [5.74, 6) is 0. The van der Waals surface area contributed by atoms with Crippen molar-refractivity contribution in [2.24, 2.45) is 0 Å². The molecule has 0 bridgehead atoms. The normalized spacial score (nSPS) is 12.0. The van der Waals surface area contributed by atoms with Crippen LogP contribution in [0.25, 0.3) is 0 Å². The number of urea groups is 1. The van der Waals surface area contributed by atoms with Crippen LogP contribution < -0.4 is 10.6 Å². The third-order valence-corrected chi connectivity index (χ3v) is 5.02. The average Bonchev–Trinajstić information content (AvgIpc) is 3.27. The van der Waals surface area contributed by atoms with Gasteiger partial charge in [0.25, 0.3) is 0 Å². The maximum absolute atomic E-state index is 11.9. The van der Waals surface area contributed by atoms with Gasteiger partial charge in [-0.1, -0.05) is 12.1 Å². The fourth-order valence-electron chi connectivity index (χ4n) is 2.10. The summed E-state index contributed by atoms with van der Waals surface area (Å²) in [5.41, 5.74) is 0. The van der Waals surface area contributed by atoms with E-state index in [1.165, 1.54) is 4.88 Å². The van der Waals surface area contributed by atoms with Gasteiger partial charge in [0.2, 0.25) is 0 Å². The standard InChI is InChI=1S/C15H16N4OS2/c20-15(16-10-12-4-1-8-21-12)17-11-13(14-5-2-9-22-14)19-7-3-6-18-19/h1-9,13H,10-11H2,(H2,16,17,20). The van der Waals surface area contributed by atoms with E-state index in [0.29, 0.717) is 13.1 Å². The molecule has 0 aliphatic carbocycles. The first-order valence-electron chi connectivity index (χ1n) is 6.89. The number of nitrogens with one attached hydrogen (secondary N) is 2. The molecule has 3 rings (SSSR count). The van der Waals surface area contributed by atoms with Crippen LogP contribution in [-0.2, 0) is 6.54 Å². The van der Waals surface area contributed by atoms with Crippen LogP contribution in [0.15, 0.2) is 53.5 Å². The van der Waals surface area contributed by atoms with Crippen molar-refractivity contribution in [3.8, 4) is 0 Å². The summed E-state index contributed by atoms with van der Waals surface area (Å²) in [4.78, 5) is 14.2. The second-order valence-electron chi connectivity index (χ2n) is 4.66. The van der Waals surface area contributed by atoms with Gasteiger partial charge in [-0.05, 0) is 29.0 Å². The fourth-order valence-corrected chi connectivity index (χ4v) is 3.57. The van der Waals surface area contributed by atoms with Crippen molar-refractivity contribution in [3.05, 3.63) is 63.2 Å². The minimum atomic E-state index is -0.165. The van der Waals surface area contributed by atoms with Gasteiger partial charge in [-0.3, -0.25) is 4.68 Å². The zero-order chi connectivity index (χ0) is 15.2. The monoisotopic (exact) mass is 332 g/mol. The SMILES string of the molecule is O=C(NCc1cccs1)NCC(c1cccs1)n1cccn1. The van der Waals surface area contributed by atoms with Gasteiger partial charge in [0.15, 0.2) is 0 Å². The Labute approximate surface area is 136 Å². The van der Waals surface area contributed by atoms with Gasteiger partial charge >= 0.3 is 6.03 Å². The van der Waals surface area contributed by atoms with Crippen molar-refractivity contribution in [3.63, 3.8) is 0 Å². The molecule has 0 aromatic carbocycles. The van der Waals surface area contributed by atoms with E-state index in [2.05, 4.69) is 21.8 Å². The summed E-state index contributed by atoms with van der Waals surface area (Å²) >= 11 is 3.29. The number of aromatic nitrogens is 2. The third-order valence-electron chi connectivity index (χ3n) is 3.18. The summed E-state index contributed by atoms with van der Waals surface area (Å²) in [6.07, 6.45) is 3.66. The van der Waals surface area contributed by atoms with E-state index >= 15 is 0 Å². The molecule has 2 N–H and O–H groups in total. The Balaban J connectivity index is 1.56. The molecule has 0 aliphatic rings. The number of amides is 2. The van der Waals surface area contributed by atoms with Crippen LogP contribution in [0.5, 0.6) is 0 Å². The van der Waals surface area contributed by atoms with Crippen molar-refractivity contribution in [1.29, 1.82) is 0 Å². The van der Waals surface area contributed by atoms with Crippen molar-refractivity contribution in [2.45, 2.75) is 12.6 Å². The molecule has 3 heterocycles. The van der Waals surface area contributed by atoms with E-state index in [0.717, 1.165) is 4.88 Å². The smallest absolute Gasteiger partial charge is 0.315 e. The number of thiophene rings is 2. The highest BCUT2D eigenvalue weighted by atomic mass is 32.1. The first kappa shape index (κ1) is 14.8. The molecule has 0 fully saturated rings. The fraction of sp³-hybridized carbons (Fsp3) is 0.200. The second kappa shape index (κ2) is 7.24.